The number of rotatable bonds is 2. The number of carbonyl (C=O) groups is 1. The number of piperidine rings is 1. The molecule has 1 aliphatic heterocycles. The summed E-state index contributed by atoms with van der Waals surface area (Å²) in [5.41, 5.74) is 0.206. The van der Waals surface area contributed by atoms with Crippen molar-refractivity contribution in [1.82, 2.24) is 10.3 Å². The molecule has 1 saturated carbocycles. The van der Waals surface area contributed by atoms with Crippen LogP contribution in [-0.4, -0.2) is 23.0 Å². The Morgan fingerprint density at radius 1 is 1.30 bits per heavy atom. The summed E-state index contributed by atoms with van der Waals surface area (Å²) in [5, 5.41) is 6.10. The molecule has 4 nitrogen and oxygen atoms in total. The number of hydrogen-bond acceptors (Lipinski definition) is 3. The number of aromatic nitrogens is 1. The normalized spacial score (nSPS) is 29.6. The van der Waals surface area contributed by atoms with Crippen molar-refractivity contribution >= 4 is 11.6 Å². The molecule has 1 aliphatic carbocycles. The molecule has 108 valence electrons. The minimum Gasteiger partial charge on any atom is -0.322 e. The fourth-order valence-corrected chi connectivity index (χ4v) is 3.40. The van der Waals surface area contributed by atoms with E-state index in [2.05, 4.69) is 15.6 Å². The number of halogens is 1. The molecule has 3 unspecified atom stereocenters. The number of anilines is 1. The highest BCUT2D eigenvalue weighted by Crippen LogP contribution is 2.32. The van der Waals surface area contributed by atoms with Gasteiger partial charge in [-0.2, -0.15) is 0 Å². The van der Waals surface area contributed by atoms with Crippen molar-refractivity contribution in [2.45, 2.75) is 50.6 Å². The highest BCUT2D eigenvalue weighted by Gasteiger charge is 2.34. The van der Waals surface area contributed by atoms with Crippen LogP contribution in [0, 0.1) is 11.7 Å². The molecule has 0 aromatic carbocycles. The molecule has 5 heteroatoms. The summed E-state index contributed by atoms with van der Waals surface area (Å²) in [5.74, 6) is 0.0804. The number of amides is 1. The Kier molecular flexibility index (Phi) is 3.96. The summed E-state index contributed by atoms with van der Waals surface area (Å²) in [6, 6.07) is 1.73. The van der Waals surface area contributed by atoms with Crippen LogP contribution in [0.3, 0.4) is 0 Å². The Labute approximate surface area is 118 Å². The molecular weight excluding hydrogens is 257 g/mol. The lowest BCUT2D eigenvalue weighted by Crippen LogP contribution is -2.53. The number of carbonyl (C=O) groups excluding carboxylic acids is 1. The second-order valence-electron chi connectivity index (χ2n) is 5.79. The van der Waals surface area contributed by atoms with Crippen LogP contribution in [0.1, 0.15) is 38.5 Å². The van der Waals surface area contributed by atoms with Crippen molar-refractivity contribution in [3.8, 4) is 0 Å². The average Bonchev–Trinajstić information content (AvgIpc) is 2.49. The van der Waals surface area contributed by atoms with E-state index in [1.165, 1.54) is 31.5 Å². The van der Waals surface area contributed by atoms with Crippen LogP contribution in [0.15, 0.2) is 18.5 Å². The van der Waals surface area contributed by atoms with Gasteiger partial charge < -0.3 is 10.6 Å². The third kappa shape index (κ3) is 2.82. The zero-order chi connectivity index (χ0) is 13.9. The van der Waals surface area contributed by atoms with E-state index in [1.807, 2.05) is 0 Å². The van der Waals surface area contributed by atoms with Gasteiger partial charge >= 0.3 is 0 Å². The minimum absolute atomic E-state index is 0.140. The van der Waals surface area contributed by atoms with Crippen LogP contribution in [0.25, 0.3) is 0 Å². The number of pyridine rings is 1. The van der Waals surface area contributed by atoms with E-state index in [4.69, 9.17) is 0 Å². The first-order chi connectivity index (χ1) is 9.74. The zero-order valence-electron chi connectivity index (χ0n) is 11.4. The average molecular weight is 277 g/mol. The molecule has 1 amide bonds. The second kappa shape index (κ2) is 5.87. The highest BCUT2D eigenvalue weighted by molar-refractivity contribution is 5.94. The predicted octanol–water partition coefficient (Wildman–Crippen LogP) is 2.47. The van der Waals surface area contributed by atoms with Gasteiger partial charge in [0.1, 0.15) is 0 Å². The summed E-state index contributed by atoms with van der Waals surface area (Å²) < 4.78 is 13.5. The quantitative estimate of drug-likeness (QED) is 0.873. The first kappa shape index (κ1) is 13.5. The fraction of sp³-hybridized carbons (Fsp3) is 0.600. The number of nitrogens with one attached hydrogen (secondary N) is 2. The van der Waals surface area contributed by atoms with Gasteiger partial charge in [-0.3, -0.25) is 9.78 Å². The fourth-order valence-electron chi connectivity index (χ4n) is 3.40. The molecule has 3 atom stereocenters. The maximum atomic E-state index is 13.5. The van der Waals surface area contributed by atoms with Crippen molar-refractivity contribution in [2.75, 3.05) is 5.32 Å². The topological polar surface area (TPSA) is 54.0 Å². The Hall–Kier alpha value is -1.49. The van der Waals surface area contributed by atoms with E-state index in [0.717, 1.165) is 25.5 Å². The molecule has 1 aromatic rings. The van der Waals surface area contributed by atoms with Gasteiger partial charge in [0.25, 0.3) is 0 Å². The summed E-state index contributed by atoms with van der Waals surface area (Å²) >= 11 is 0. The zero-order valence-corrected chi connectivity index (χ0v) is 11.4. The van der Waals surface area contributed by atoms with Gasteiger partial charge in [0.2, 0.25) is 5.91 Å². The third-order valence-electron chi connectivity index (χ3n) is 4.50. The Morgan fingerprint density at radius 2 is 2.15 bits per heavy atom. The van der Waals surface area contributed by atoms with Crippen LogP contribution >= 0.6 is 0 Å². The summed E-state index contributed by atoms with van der Waals surface area (Å²) in [7, 11) is 0. The lowest BCUT2D eigenvalue weighted by Gasteiger charge is -2.39. The monoisotopic (exact) mass is 277 g/mol. The van der Waals surface area contributed by atoms with Crippen LogP contribution in [0.5, 0.6) is 0 Å². The number of hydrogen-bond donors (Lipinski definition) is 2. The molecule has 0 radical (unpaired) electrons. The first-order valence-corrected chi connectivity index (χ1v) is 7.40. The van der Waals surface area contributed by atoms with Gasteiger partial charge in [0.05, 0.1) is 17.9 Å². The lowest BCUT2D eigenvalue weighted by atomic mass is 9.77. The van der Waals surface area contributed by atoms with Gasteiger partial charge in [-0.15, -0.1) is 0 Å². The molecule has 0 bridgehead atoms. The maximum Gasteiger partial charge on any atom is 0.241 e. The summed E-state index contributed by atoms with van der Waals surface area (Å²) in [4.78, 5) is 15.9. The number of nitrogens with zero attached hydrogens (tertiary/aromatic N) is 1. The molecule has 2 fully saturated rings. The van der Waals surface area contributed by atoms with Gasteiger partial charge in [0, 0.05) is 12.2 Å². The van der Waals surface area contributed by atoms with E-state index in [0.29, 0.717) is 12.0 Å². The largest absolute Gasteiger partial charge is 0.322 e. The van der Waals surface area contributed by atoms with Crippen molar-refractivity contribution in [1.29, 1.82) is 0 Å². The van der Waals surface area contributed by atoms with E-state index >= 15 is 0 Å². The van der Waals surface area contributed by atoms with Gasteiger partial charge in [0.15, 0.2) is 5.82 Å². The number of fused-ring (bicyclic) bond motifs is 1. The summed E-state index contributed by atoms with van der Waals surface area (Å²) in [6.07, 6.45) is 9.48. The predicted molar refractivity (Wildman–Crippen MR) is 74.7 cm³/mol. The first-order valence-electron chi connectivity index (χ1n) is 7.40. The van der Waals surface area contributed by atoms with E-state index < -0.39 is 5.82 Å². The van der Waals surface area contributed by atoms with Crippen molar-refractivity contribution in [2.24, 2.45) is 5.92 Å². The lowest BCUT2D eigenvalue weighted by molar-refractivity contribution is -0.119. The van der Waals surface area contributed by atoms with E-state index in [9.17, 15) is 9.18 Å². The molecular formula is C15H20FN3O. The minimum atomic E-state index is -0.493. The van der Waals surface area contributed by atoms with Crippen molar-refractivity contribution in [3.63, 3.8) is 0 Å². The van der Waals surface area contributed by atoms with E-state index in [1.54, 1.807) is 0 Å². The van der Waals surface area contributed by atoms with Crippen LogP contribution < -0.4 is 10.6 Å². The SMILES string of the molecule is O=C(Nc1ccncc1F)C1CCC2CCCCC2N1. The Morgan fingerprint density at radius 3 is 3.00 bits per heavy atom. The van der Waals surface area contributed by atoms with Gasteiger partial charge in [-0.1, -0.05) is 12.8 Å². The molecule has 2 heterocycles. The molecule has 2 N–H and O–H groups in total. The highest BCUT2D eigenvalue weighted by atomic mass is 19.1. The second-order valence-corrected chi connectivity index (χ2v) is 5.79. The van der Waals surface area contributed by atoms with Gasteiger partial charge in [-0.05, 0) is 37.7 Å². The van der Waals surface area contributed by atoms with Crippen LogP contribution in [-0.2, 0) is 4.79 Å². The van der Waals surface area contributed by atoms with Crippen molar-refractivity contribution < 1.29 is 9.18 Å². The summed E-state index contributed by atoms with van der Waals surface area (Å²) in [6.45, 7) is 0. The Balaban J connectivity index is 1.62. The molecule has 2 aliphatic rings. The third-order valence-corrected chi connectivity index (χ3v) is 4.50. The Bertz CT molecular complexity index is 494. The molecule has 20 heavy (non-hydrogen) atoms. The molecule has 3 rings (SSSR count). The standard InChI is InChI=1S/C15H20FN3O/c16-11-9-17-8-7-13(11)19-15(20)14-6-5-10-3-1-2-4-12(10)18-14/h7-10,12,14,18H,1-6H2,(H,17,19,20). The molecule has 1 saturated heterocycles. The smallest absolute Gasteiger partial charge is 0.241 e. The van der Waals surface area contributed by atoms with Crippen molar-refractivity contribution in [3.05, 3.63) is 24.3 Å². The molecule has 0 spiro atoms. The van der Waals surface area contributed by atoms with Gasteiger partial charge in [-0.25, -0.2) is 4.39 Å². The van der Waals surface area contributed by atoms with Crippen LogP contribution in [0.4, 0.5) is 10.1 Å². The maximum absolute atomic E-state index is 13.5. The van der Waals surface area contributed by atoms with Crippen LogP contribution in [0.2, 0.25) is 0 Å². The van der Waals surface area contributed by atoms with E-state index in [-0.39, 0.29) is 17.6 Å². The molecule has 1 aromatic heterocycles.